The number of aromatic amines is 1. The summed E-state index contributed by atoms with van der Waals surface area (Å²) in [4.78, 5) is 262. The Bertz CT molecular complexity index is 4880. The second-order valence-corrected chi connectivity index (χ2v) is 36.1. The number of aliphatic hydroxyl groups excluding tert-OH is 2. The minimum absolute atomic E-state index is 0.00697. The van der Waals surface area contributed by atoms with Crippen LogP contribution in [0.2, 0.25) is 0 Å². The summed E-state index contributed by atoms with van der Waals surface area (Å²) in [5, 5.41) is 100. The Balaban J connectivity index is 1.72. The van der Waals surface area contributed by atoms with Crippen molar-refractivity contribution in [1.29, 1.82) is 16.2 Å². The highest BCUT2D eigenvalue weighted by Crippen LogP contribution is 2.30. The van der Waals surface area contributed by atoms with Crippen LogP contribution in [0, 0.1) is 39.9 Å². The molecule has 0 aliphatic carbocycles. The second kappa shape index (κ2) is 60.7. The van der Waals surface area contributed by atoms with Crippen LogP contribution in [-0.4, -0.2) is 272 Å². The van der Waals surface area contributed by atoms with Crippen LogP contribution >= 0.6 is 0 Å². The zero-order chi connectivity index (χ0) is 106. The molecule has 0 spiro atoms. The molecule has 0 fully saturated rings. The highest BCUT2D eigenvalue weighted by molar-refractivity contribution is 6.02. The van der Waals surface area contributed by atoms with Crippen molar-refractivity contribution in [3.63, 3.8) is 0 Å². The van der Waals surface area contributed by atoms with Crippen LogP contribution in [0.4, 0.5) is 0 Å². The molecule has 0 aliphatic rings. The molecule has 37 N–H and O–H groups in total. The first-order chi connectivity index (χ1) is 66.9. The number of amides is 18. The third-order valence-corrected chi connectivity index (χ3v) is 22.0. The number of phenols is 1. The number of phenolic OH excluding ortho intramolecular Hbond substituents is 1. The third kappa shape index (κ3) is 43.5. The first kappa shape index (κ1) is 119. The van der Waals surface area contributed by atoms with Gasteiger partial charge in [0.15, 0.2) is 17.9 Å². The van der Waals surface area contributed by atoms with Gasteiger partial charge in [-0.05, 0) is 131 Å². The van der Waals surface area contributed by atoms with Crippen LogP contribution in [0.15, 0.2) is 97.5 Å². The SMILES string of the molecule is CC(=O)N[C@@H](C)C(=O)N[C@@H](CO)C(=O)N[C@@H](CC(C)C)C(=O)N[C@@H](CCCNC(=N)N)C(=O)N[C@@H](Cc1c[nH]cn1)C(=O)N[C@H](C(=O)N[C@@H](CC(C)C)C(=O)N[C@@H](CC(N)=O)C(=O)N[C@@H](CC(C)C)C(=O)N[C@H](C(=O)N[C@H](C(=O)N[C@@H](CCCNC(=N)N)C(=O)N[C@@H](CCC(N)=O)C(=O)N[C@@H](CCCNC(=N)N)C(=O)N[C@@H](Cc1ccc(O)cc1)C(N)=O)[C@@H](C)O)C(C)C)C(c1ccccc1)c1ccccc1. The molecule has 0 bridgehead atoms. The van der Waals surface area contributed by atoms with Crippen LogP contribution in [0.3, 0.4) is 0 Å². The van der Waals surface area contributed by atoms with Gasteiger partial charge in [0.2, 0.25) is 106 Å². The van der Waals surface area contributed by atoms with Gasteiger partial charge in [0.1, 0.15) is 96.4 Å². The second-order valence-electron chi connectivity index (χ2n) is 36.1. The number of aliphatic hydroxyl groups is 2. The number of nitrogens with one attached hydrogen (secondary N) is 22. The van der Waals surface area contributed by atoms with Crippen molar-refractivity contribution in [3.05, 3.63) is 120 Å². The van der Waals surface area contributed by atoms with Gasteiger partial charge in [-0.3, -0.25) is 103 Å². The number of nitrogens with two attached hydrogens (primary N) is 6. The number of hydrogen-bond acceptors (Lipinski definition) is 25. The first-order valence-electron chi connectivity index (χ1n) is 46.6. The van der Waals surface area contributed by atoms with E-state index in [4.69, 9.17) is 50.6 Å². The molecule has 18 amide bonds. The molecular formula is C92H143N29O21. The van der Waals surface area contributed by atoms with Gasteiger partial charge in [0.25, 0.3) is 0 Å². The molecule has 16 atom stereocenters. The number of imidazole rings is 1. The van der Waals surface area contributed by atoms with E-state index in [1.54, 1.807) is 102 Å². The van der Waals surface area contributed by atoms with Crippen LogP contribution in [0.25, 0.3) is 0 Å². The van der Waals surface area contributed by atoms with E-state index >= 15 is 19.2 Å². The van der Waals surface area contributed by atoms with Crippen LogP contribution in [0.5, 0.6) is 5.75 Å². The van der Waals surface area contributed by atoms with Crippen LogP contribution in [0.1, 0.15) is 182 Å². The van der Waals surface area contributed by atoms with Crippen molar-refractivity contribution in [2.24, 2.45) is 58.1 Å². The van der Waals surface area contributed by atoms with Gasteiger partial charge in [0.05, 0.1) is 31.2 Å². The lowest BCUT2D eigenvalue weighted by Crippen LogP contribution is -2.63. The summed E-state index contributed by atoms with van der Waals surface area (Å²) < 4.78 is 0. The average Bonchev–Trinajstić information content (AvgIpc) is 0.855. The van der Waals surface area contributed by atoms with E-state index in [0.29, 0.717) is 16.7 Å². The number of benzene rings is 3. The molecule has 0 saturated heterocycles. The topological polar surface area (TPSA) is 841 Å². The Morgan fingerprint density at radius 1 is 0.373 bits per heavy atom. The van der Waals surface area contributed by atoms with Gasteiger partial charge in [-0.15, -0.1) is 0 Å². The predicted octanol–water partition coefficient (Wildman–Crippen LogP) is -6.37. The van der Waals surface area contributed by atoms with Crippen molar-refractivity contribution in [2.45, 2.75) is 269 Å². The molecule has 0 unspecified atom stereocenters. The molecule has 0 aliphatic heterocycles. The molecule has 1 heterocycles. The number of aromatic hydroxyl groups is 1. The predicted molar refractivity (Wildman–Crippen MR) is 520 cm³/mol. The van der Waals surface area contributed by atoms with Crippen molar-refractivity contribution in [2.75, 3.05) is 26.2 Å². The minimum Gasteiger partial charge on any atom is -0.508 e. The zero-order valence-corrected chi connectivity index (χ0v) is 81.7. The van der Waals surface area contributed by atoms with Gasteiger partial charge in [-0.2, -0.15) is 0 Å². The summed E-state index contributed by atoms with van der Waals surface area (Å²) in [5.74, 6) is -22.9. The van der Waals surface area contributed by atoms with Gasteiger partial charge in [-0.1, -0.05) is 128 Å². The van der Waals surface area contributed by atoms with Gasteiger partial charge in [-0.25, -0.2) is 4.98 Å². The number of aromatic nitrogens is 2. The maximum Gasteiger partial charge on any atom is 0.245 e. The van der Waals surface area contributed by atoms with E-state index in [2.05, 4.69) is 106 Å². The zero-order valence-electron chi connectivity index (χ0n) is 81.7. The smallest absolute Gasteiger partial charge is 0.245 e. The van der Waals surface area contributed by atoms with E-state index in [-0.39, 0.29) is 101 Å². The Hall–Kier alpha value is -15.1. The largest absolute Gasteiger partial charge is 0.508 e. The molecule has 0 radical (unpaired) electrons. The molecule has 3 aromatic carbocycles. The van der Waals surface area contributed by atoms with Gasteiger partial charge >= 0.3 is 0 Å². The van der Waals surface area contributed by atoms with Crippen molar-refractivity contribution >= 4 is 124 Å². The number of nitrogens with zero attached hydrogens (tertiary/aromatic N) is 1. The Morgan fingerprint density at radius 2 is 0.718 bits per heavy atom. The molecule has 0 saturated carbocycles. The summed E-state index contributed by atoms with van der Waals surface area (Å²) in [5.41, 5.74) is 35.1. The lowest BCUT2D eigenvalue weighted by molar-refractivity contribution is -0.138. The molecule has 142 heavy (non-hydrogen) atoms. The maximum atomic E-state index is 15.8. The van der Waals surface area contributed by atoms with E-state index in [1.807, 2.05) is 0 Å². The molecule has 50 heteroatoms. The number of carbonyl (C=O) groups is 18. The summed E-state index contributed by atoms with van der Waals surface area (Å²) in [7, 11) is 0. The summed E-state index contributed by atoms with van der Waals surface area (Å²) in [6, 6.07) is -1.88. The Kier molecular flexibility index (Phi) is 50.9. The third-order valence-electron chi connectivity index (χ3n) is 22.0. The lowest BCUT2D eigenvalue weighted by atomic mass is 9.84. The van der Waals surface area contributed by atoms with Crippen molar-refractivity contribution < 1.29 is 102 Å². The fourth-order valence-electron chi connectivity index (χ4n) is 14.8. The monoisotopic (exact) mass is 1990 g/mol. The summed E-state index contributed by atoms with van der Waals surface area (Å²) >= 11 is 0. The summed E-state index contributed by atoms with van der Waals surface area (Å²) in [6.07, 6.45) is -2.76. The molecule has 782 valence electrons. The lowest BCUT2D eigenvalue weighted by Gasteiger charge is -2.32. The number of rotatable bonds is 63. The minimum atomic E-state index is -1.96. The van der Waals surface area contributed by atoms with Crippen LogP contribution in [-0.2, 0) is 99.1 Å². The van der Waals surface area contributed by atoms with E-state index in [0.717, 1.165) is 6.92 Å². The molecule has 4 rings (SSSR count). The number of H-pyrrole nitrogens is 1. The summed E-state index contributed by atoms with van der Waals surface area (Å²) in [6.45, 7) is 15.7. The molecule has 4 aromatic rings. The van der Waals surface area contributed by atoms with Crippen molar-refractivity contribution in [3.8, 4) is 5.75 Å². The highest BCUT2D eigenvalue weighted by atomic mass is 16.3. The first-order valence-corrected chi connectivity index (χ1v) is 46.6. The van der Waals surface area contributed by atoms with Crippen molar-refractivity contribution in [1.82, 2.24) is 106 Å². The van der Waals surface area contributed by atoms with E-state index < -0.39 is 277 Å². The number of primary amides is 3. The standard InChI is InChI=1S/C92H143N29O21/c1-46(2)37-63(114-86(139)68(44-122)118-76(129)50(9)107-52(11)124)81(134)109-59(26-19-35-104-91(98)99)79(132)115-66(41-56-43-102-45-106-56)85(138)121-74(71(54-21-14-12-15-22-54)55-23-16-13-17-24-55)89(142)117-64(38-47(3)4)82(135)116-67(42-70(94)127)83(136)113-65(39-48(5)6)84(137)119-72(49(7)8)87(140)120-73(51(10)123)88(141)111-60(27-20-36-105-92(100)101)77(130)110-61(32-33-69(93)126)80(133)108-58(25-18-34-103-90(96)97)78(131)112-62(75(95)128)40-53-28-30-57(125)31-29-53/h12-17,21-24,28-31,43,45-51,58-68,71-74,122-123,125H,18-20,25-27,32-42,44H2,1-11H3,(H2,93,126)(H2,94,127)(H2,95,128)(H,102,106)(H,107,124)(H,108,133)(H,109,134)(H,110,130)(H,111,141)(H,112,131)(H,113,136)(H,114,139)(H,115,132)(H,116,135)(H,117,142)(H,118,129)(H,119,137)(H,120,140)(H,121,138)(H4,96,97,103)(H4,98,99,104)(H4,100,101,105)/t50-,51+,58-,59-,60-,61-,62-,63-,64-,65-,66-,67-,68-,72-,73-,74-/m0/s1. The average molecular weight is 1990 g/mol. The molecule has 1 aromatic heterocycles. The number of carbonyl (C=O) groups excluding carboxylic acids is 18. The van der Waals surface area contributed by atoms with Gasteiger partial charge < -0.3 is 150 Å². The fraction of sp³-hybridized carbons (Fsp3) is 0.543. The van der Waals surface area contributed by atoms with E-state index in [9.17, 15) is 82.4 Å². The van der Waals surface area contributed by atoms with Crippen LogP contribution < -0.4 is 130 Å². The Morgan fingerprint density at radius 3 is 1.11 bits per heavy atom. The van der Waals surface area contributed by atoms with E-state index in [1.165, 1.54) is 64.5 Å². The highest BCUT2D eigenvalue weighted by Gasteiger charge is 2.43. The Labute approximate surface area is 822 Å². The quantitative estimate of drug-likeness (QED) is 0.0111. The van der Waals surface area contributed by atoms with Gasteiger partial charge in [0, 0.05) is 57.9 Å². The normalized spacial score (nSPS) is 14.5. The fourth-order valence-corrected chi connectivity index (χ4v) is 14.8. The molecular weight excluding hydrogens is 1850 g/mol. The maximum absolute atomic E-state index is 15.8. The number of guanidine groups is 3. The molecule has 50 nitrogen and oxygen atoms in total. The number of hydrogen-bond donors (Lipinski definition) is 31.